The van der Waals surface area contributed by atoms with Gasteiger partial charge in [-0.15, -0.1) is 0 Å². The van der Waals surface area contributed by atoms with Gasteiger partial charge in [-0.25, -0.2) is 0 Å². The maximum atomic E-state index is 2.45. The summed E-state index contributed by atoms with van der Waals surface area (Å²) in [4.78, 5) is 0. The van der Waals surface area contributed by atoms with E-state index in [9.17, 15) is 0 Å². The quantitative estimate of drug-likeness (QED) is 0.159. The Bertz CT molecular complexity index is 3600. The molecular weight excluding hydrogens is 777 g/mol. The molecular formula is C60H42N4. The van der Waals surface area contributed by atoms with Crippen LogP contribution in [-0.2, 0) is 0 Å². The Morgan fingerprint density at radius 2 is 0.562 bits per heavy atom. The van der Waals surface area contributed by atoms with Crippen molar-refractivity contribution in [1.82, 2.24) is 18.3 Å². The van der Waals surface area contributed by atoms with Crippen LogP contribution in [0.2, 0.25) is 0 Å². The monoisotopic (exact) mass is 818 g/mol. The van der Waals surface area contributed by atoms with Crippen LogP contribution in [0.5, 0.6) is 0 Å². The Balaban J connectivity index is 1.00. The van der Waals surface area contributed by atoms with Crippen molar-refractivity contribution in [2.24, 2.45) is 0 Å². The van der Waals surface area contributed by atoms with Crippen LogP contribution in [0.15, 0.2) is 218 Å². The first kappa shape index (κ1) is 36.3. The lowest BCUT2D eigenvalue weighted by molar-refractivity contribution is 1.11. The molecule has 64 heavy (non-hydrogen) atoms. The molecule has 13 aromatic rings. The number of rotatable bonds is 6. The third-order valence-corrected chi connectivity index (χ3v) is 13.2. The number of aryl methyl sites for hydroxylation is 2. The maximum absolute atomic E-state index is 2.45. The SMILES string of the molecule is Cc1cccc(-c2cc3cc4c(cc(-c5cccc(C)c5)n4-c4ccc(-n5c6ccccc6c6ccccc65)cc4)cc3n2-c2ccc(-n3c4ccccc4c4ccccc43)cc2)c1. The van der Waals surface area contributed by atoms with Crippen molar-refractivity contribution >= 4 is 65.4 Å². The molecule has 4 heteroatoms. The summed E-state index contributed by atoms with van der Waals surface area (Å²) in [6.45, 7) is 4.35. The minimum Gasteiger partial charge on any atom is -0.309 e. The molecule has 0 aliphatic carbocycles. The second-order valence-corrected chi connectivity index (χ2v) is 17.2. The lowest BCUT2D eigenvalue weighted by Gasteiger charge is -2.15. The van der Waals surface area contributed by atoms with E-state index in [-0.39, 0.29) is 0 Å². The average molecular weight is 819 g/mol. The van der Waals surface area contributed by atoms with E-state index in [1.807, 2.05) is 0 Å². The summed E-state index contributed by atoms with van der Waals surface area (Å²) < 4.78 is 9.67. The molecule has 0 saturated carbocycles. The minimum atomic E-state index is 1.12. The maximum Gasteiger partial charge on any atom is 0.0542 e. The molecule has 0 aliphatic heterocycles. The van der Waals surface area contributed by atoms with E-state index in [0.29, 0.717) is 0 Å². The van der Waals surface area contributed by atoms with Crippen LogP contribution in [0.25, 0.3) is 111 Å². The number of benzene rings is 9. The molecule has 0 radical (unpaired) electrons. The Hall–Kier alpha value is -8.34. The molecule has 0 saturated heterocycles. The smallest absolute Gasteiger partial charge is 0.0542 e. The van der Waals surface area contributed by atoms with Gasteiger partial charge in [0.05, 0.1) is 44.5 Å². The highest BCUT2D eigenvalue weighted by molar-refractivity contribution is 6.10. The summed E-state index contributed by atoms with van der Waals surface area (Å²) in [5, 5.41) is 7.43. The van der Waals surface area contributed by atoms with E-state index in [1.165, 1.54) is 87.7 Å². The van der Waals surface area contributed by atoms with Crippen LogP contribution >= 0.6 is 0 Å². The molecule has 4 nitrogen and oxygen atoms in total. The van der Waals surface area contributed by atoms with E-state index in [4.69, 9.17) is 0 Å². The van der Waals surface area contributed by atoms with Crippen molar-refractivity contribution in [1.29, 1.82) is 0 Å². The summed E-state index contributed by atoms with van der Waals surface area (Å²) in [5.74, 6) is 0. The molecule has 0 bridgehead atoms. The van der Waals surface area contributed by atoms with Crippen LogP contribution in [0.4, 0.5) is 0 Å². The number of para-hydroxylation sites is 4. The Morgan fingerprint density at radius 3 is 0.891 bits per heavy atom. The molecule has 302 valence electrons. The van der Waals surface area contributed by atoms with Gasteiger partial charge in [0.15, 0.2) is 0 Å². The summed E-state index contributed by atoms with van der Waals surface area (Å²) in [5.41, 5.74) is 18.9. The number of nitrogens with zero attached hydrogens (tertiary/aromatic N) is 4. The number of hydrogen-bond acceptors (Lipinski definition) is 0. The van der Waals surface area contributed by atoms with E-state index in [0.717, 1.165) is 34.1 Å². The van der Waals surface area contributed by atoms with Crippen molar-refractivity contribution in [2.45, 2.75) is 13.8 Å². The fourth-order valence-corrected chi connectivity index (χ4v) is 10.4. The van der Waals surface area contributed by atoms with Gasteiger partial charge in [0, 0.05) is 55.1 Å². The average Bonchev–Trinajstić information content (AvgIpc) is 4.09. The van der Waals surface area contributed by atoms with E-state index in [1.54, 1.807) is 0 Å². The van der Waals surface area contributed by atoms with Crippen molar-refractivity contribution in [3.8, 4) is 45.3 Å². The van der Waals surface area contributed by atoms with Gasteiger partial charge in [0.1, 0.15) is 0 Å². The van der Waals surface area contributed by atoms with Crippen LogP contribution in [0, 0.1) is 13.8 Å². The summed E-state index contributed by atoms with van der Waals surface area (Å²) >= 11 is 0. The molecule has 9 aromatic carbocycles. The zero-order valence-corrected chi connectivity index (χ0v) is 35.6. The molecule has 4 heterocycles. The third-order valence-electron chi connectivity index (χ3n) is 13.2. The van der Waals surface area contributed by atoms with Gasteiger partial charge in [-0.1, -0.05) is 120 Å². The van der Waals surface area contributed by atoms with Gasteiger partial charge < -0.3 is 18.3 Å². The highest BCUT2D eigenvalue weighted by Gasteiger charge is 2.20. The van der Waals surface area contributed by atoms with E-state index < -0.39 is 0 Å². The Morgan fingerprint density at radius 1 is 0.250 bits per heavy atom. The van der Waals surface area contributed by atoms with Gasteiger partial charge in [-0.2, -0.15) is 0 Å². The number of hydrogen-bond donors (Lipinski definition) is 0. The first-order chi connectivity index (χ1) is 31.6. The molecule has 0 spiro atoms. The molecule has 0 fully saturated rings. The van der Waals surface area contributed by atoms with Crippen molar-refractivity contribution in [3.05, 3.63) is 230 Å². The molecule has 4 aromatic heterocycles. The lowest BCUT2D eigenvalue weighted by atomic mass is 10.1. The summed E-state index contributed by atoms with van der Waals surface area (Å²) in [6.07, 6.45) is 0. The minimum absolute atomic E-state index is 1.12. The number of aromatic nitrogens is 4. The zero-order chi connectivity index (χ0) is 42.5. The van der Waals surface area contributed by atoms with Gasteiger partial charge in [0.25, 0.3) is 0 Å². The Labute approximate surface area is 370 Å². The van der Waals surface area contributed by atoms with Crippen LogP contribution in [0.3, 0.4) is 0 Å². The zero-order valence-electron chi connectivity index (χ0n) is 35.6. The largest absolute Gasteiger partial charge is 0.309 e. The fraction of sp³-hybridized carbons (Fsp3) is 0.0333. The first-order valence-corrected chi connectivity index (χ1v) is 22.1. The third kappa shape index (κ3) is 5.56. The highest BCUT2D eigenvalue weighted by Crippen LogP contribution is 2.40. The second-order valence-electron chi connectivity index (χ2n) is 17.2. The predicted molar refractivity (Wildman–Crippen MR) is 269 cm³/mol. The highest BCUT2D eigenvalue weighted by atomic mass is 15.0. The second kappa shape index (κ2) is 14.1. The topological polar surface area (TPSA) is 19.7 Å². The predicted octanol–water partition coefficient (Wildman–Crippen LogP) is 15.7. The van der Waals surface area contributed by atoms with Crippen LogP contribution < -0.4 is 0 Å². The Kier molecular flexibility index (Phi) is 8.00. The van der Waals surface area contributed by atoms with Gasteiger partial charge in [-0.05, 0) is 134 Å². The molecule has 0 aliphatic rings. The van der Waals surface area contributed by atoms with Crippen molar-refractivity contribution in [2.75, 3.05) is 0 Å². The molecule has 0 amide bonds. The summed E-state index contributed by atoms with van der Waals surface area (Å²) in [6, 6.07) is 80.3. The van der Waals surface area contributed by atoms with Crippen LogP contribution in [-0.4, -0.2) is 18.3 Å². The van der Waals surface area contributed by atoms with Gasteiger partial charge in [0.2, 0.25) is 0 Å². The standard InChI is InChI=1S/C60H42N4/c1-39-13-11-15-41(33-39)57-35-43-37-60-44(38-59(43)63(57)47-29-25-45(26-30-47)61-53-21-7-3-17-49(53)50-18-4-8-22-54(50)61)36-58(42-16-12-14-40(2)34-42)64(60)48-31-27-46(28-32-48)62-55-23-9-5-19-51(55)52-20-6-10-24-56(52)62/h3-38H,1-2H3. The number of fused-ring (bicyclic) bond motifs is 8. The van der Waals surface area contributed by atoms with Crippen molar-refractivity contribution in [3.63, 3.8) is 0 Å². The normalized spacial score (nSPS) is 11.9. The van der Waals surface area contributed by atoms with E-state index in [2.05, 4.69) is 251 Å². The molecule has 13 rings (SSSR count). The fourth-order valence-electron chi connectivity index (χ4n) is 10.4. The molecule has 0 unspecified atom stereocenters. The molecule has 0 atom stereocenters. The van der Waals surface area contributed by atoms with Crippen molar-refractivity contribution < 1.29 is 0 Å². The summed E-state index contributed by atoms with van der Waals surface area (Å²) in [7, 11) is 0. The van der Waals surface area contributed by atoms with E-state index >= 15 is 0 Å². The van der Waals surface area contributed by atoms with Gasteiger partial charge in [-0.3, -0.25) is 0 Å². The van der Waals surface area contributed by atoms with Crippen LogP contribution in [0.1, 0.15) is 11.1 Å². The first-order valence-electron chi connectivity index (χ1n) is 22.1. The lowest BCUT2D eigenvalue weighted by Crippen LogP contribution is -2.00. The van der Waals surface area contributed by atoms with Gasteiger partial charge >= 0.3 is 0 Å². The molecule has 0 N–H and O–H groups in total.